The Labute approximate surface area is 144 Å². The van der Waals surface area contributed by atoms with Crippen LogP contribution in [0, 0.1) is 0 Å². The van der Waals surface area contributed by atoms with Gasteiger partial charge in [-0.3, -0.25) is 4.79 Å². The quantitative estimate of drug-likeness (QED) is 0.777. The Kier molecular flexibility index (Phi) is 4.21. The van der Waals surface area contributed by atoms with Gasteiger partial charge in [0.15, 0.2) is 5.13 Å². The smallest absolute Gasteiger partial charge is 0.240 e. The van der Waals surface area contributed by atoms with Gasteiger partial charge >= 0.3 is 0 Å². The Balaban J connectivity index is 1.36. The molecule has 0 bridgehead atoms. The Hall–Kier alpha value is -2.34. The van der Waals surface area contributed by atoms with E-state index < -0.39 is 0 Å². The molecule has 1 saturated heterocycles. The normalized spacial score (nSPS) is 17.5. The number of amides is 1. The van der Waals surface area contributed by atoms with E-state index in [1.807, 2.05) is 46.6 Å². The van der Waals surface area contributed by atoms with Crippen molar-refractivity contribution in [2.45, 2.75) is 25.4 Å². The number of hydrogen-bond acceptors (Lipinski definition) is 4. The van der Waals surface area contributed by atoms with Gasteiger partial charge in [0.25, 0.3) is 0 Å². The molecule has 4 rings (SSSR count). The van der Waals surface area contributed by atoms with Gasteiger partial charge in [0, 0.05) is 42.4 Å². The van der Waals surface area contributed by atoms with E-state index in [1.54, 1.807) is 11.3 Å². The molecule has 1 atom stereocenters. The number of hydrogen-bond donors (Lipinski definition) is 1. The molecular weight excluding hydrogens is 320 g/mol. The van der Waals surface area contributed by atoms with E-state index in [0.717, 1.165) is 35.4 Å². The number of para-hydroxylation sites is 1. The first-order chi connectivity index (χ1) is 11.8. The van der Waals surface area contributed by atoms with Crippen molar-refractivity contribution in [2.75, 3.05) is 18.0 Å². The van der Waals surface area contributed by atoms with E-state index in [9.17, 15) is 4.79 Å². The Morgan fingerprint density at radius 3 is 3.12 bits per heavy atom. The van der Waals surface area contributed by atoms with Crippen LogP contribution in [-0.4, -0.2) is 34.6 Å². The number of fused-ring (bicyclic) bond motifs is 1. The van der Waals surface area contributed by atoms with Gasteiger partial charge in [-0.2, -0.15) is 0 Å². The van der Waals surface area contributed by atoms with Gasteiger partial charge in [0.2, 0.25) is 5.91 Å². The molecule has 0 unspecified atom stereocenters. The standard InChI is InChI=1S/C18H20N4OS/c23-17(13-21-10-7-14-4-1-2-6-16(14)21)20-12-15-5-3-9-22(15)18-19-8-11-24-18/h1-2,4,6-8,10-11,15H,3,5,9,12-13H2,(H,20,23)/t15-/m0/s1. The van der Waals surface area contributed by atoms with Gasteiger partial charge in [-0.25, -0.2) is 4.98 Å². The second-order valence-corrected chi connectivity index (χ2v) is 6.98. The molecule has 1 N–H and O–H groups in total. The van der Waals surface area contributed by atoms with Crippen molar-refractivity contribution in [2.24, 2.45) is 0 Å². The molecule has 2 aromatic heterocycles. The highest BCUT2D eigenvalue weighted by atomic mass is 32.1. The number of anilines is 1. The summed E-state index contributed by atoms with van der Waals surface area (Å²) in [6.07, 6.45) is 6.07. The van der Waals surface area contributed by atoms with Crippen LogP contribution < -0.4 is 10.2 Å². The molecule has 0 spiro atoms. The van der Waals surface area contributed by atoms with E-state index in [4.69, 9.17) is 0 Å². The summed E-state index contributed by atoms with van der Waals surface area (Å²) in [6.45, 7) is 2.06. The topological polar surface area (TPSA) is 50.2 Å². The largest absolute Gasteiger partial charge is 0.352 e. The lowest BCUT2D eigenvalue weighted by atomic mass is 10.2. The fraction of sp³-hybridized carbons (Fsp3) is 0.333. The van der Waals surface area contributed by atoms with Crippen LogP contribution in [0.2, 0.25) is 0 Å². The molecule has 3 heterocycles. The number of thiazole rings is 1. The summed E-state index contributed by atoms with van der Waals surface area (Å²) in [5, 5.41) is 7.32. The van der Waals surface area contributed by atoms with Gasteiger partial charge < -0.3 is 14.8 Å². The van der Waals surface area contributed by atoms with Crippen LogP contribution in [0.25, 0.3) is 10.9 Å². The second-order valence-electron chi connectivity index (χ2n) is 6.11. The van der Waals surface area contributed by atoms with Crippen molar-refractivity contribution in [3.05, 3.63) is 48.1 Å². The maximum absolute atomic E-state index is 12.3. The SMILES string of the molecule is O=C(Cn1ccc2ccccc21)NC[C@@H]1CCCN1c1nccs1. The van der Waals surface area contributed by atoms with Crippen molar-refractivity contribution in [1.29, 1.82) is 0 Å². The lowest BCUT2D eigenvalue weighted by Gasteiger charge is -2.24. The van der Waals surface area contributed by atoms with Crippen LogP contribution in [0.5, 0.6) is 0 Å². The molecule has 5 nitrogen and oxygen atoms in total. The number of carbonyl (C=O) groups is 1. The predicted molar refractivity (Wildman–Crippen MR) is 97.4 cm³/mol. The minimum Gasteiger partial charge on any atom is -0.352 e. The molecule has 6 heteroatoms. The zero-order valence-corrected chi connectivity index (χ0v) is 14.2. The molecule has 1 amide bonds. The van der Waals surface area contributed by atoms with Crippen molar-refractivity contribution in [3.8, 4) is 0 Å². The summed E-state index contributed by atoms with van der Waals surface area (Å²) < 4.78 is 2.00. The molecule has 0 aliphatic carbocycles. The van der Waals surface area contributed by atoms with E-state index >= 15 is 0 Å². The third kappa shape index (κ3) is 3.01. The fourth-order valence-corrected chi connectivity index (χ4v) is 4.12. The van der Waals surface area contributed by atoms with E-state index in [0.29, 0.717) is 19.1 Å². The summed E-state index contributed by atoms with van der Waals surface area (Å²) in [6, 6.07) is 10.5. The summed E-state index contributed by atoms with van der Waals surface area (Å²) >= 11 is 1.66. The Bertz CT molecular complexity index is 827. The zero-order chi connectivity index (χ0) is 16.4. The van der Waals surface area contributed by atoms with Crippen LogP contribution in [0.1, 0.15) is 12.8 Å². The summed E-state index contributed by atoms with van der Waals surface area (Å²) in [5.74, 6) is 0.0577. The minimum absolute atomic E-state index is 0.0577. The van der Waals surface area contributed by atoms with Gasteiger partial charge in [0.1, 0.15) is 6.54 Å². The molecule has 124 valence electrons. The highest BCUT2D eigenvalue weighted by molar-refractivity contribution is 7.13. The number of nitrogens with zero attached hydrogens (tertiary/aromatic N) is 3. The summed E-state index contributed by atoms with van der Waals surface area (Å²) in [4.78, 5) is 19.1. The average Bonchev–Trinajstić information content (AvgIpc) is 3.33. The fourth-order valence-electron chi connectivity index (χ4n) is 3.38. The highest BCUT2D eigenvalue weighted by Gasteiger charge is 2.26. The number of benzene rings is 1. The van der Waals surface area contributed by atoms with Crippen LogP contribution in [0.15, 0.2) is 48.1 Å². The molecule has 24 heavy (non-hydrogen) atoms. The van der Waals surface area contributed by atoms with Gasteiger partial charge in [-0.1, -0.05) is 18.2 Å². The molecule has 1 fully saturated rings. The summed E-state index contributed by atoms with van der Waals surface area (Å²) in [5.41, 5.74) is 1.10. The molecule has 0 saturated carbocycles. The third-order valence-electron chi connectivity index (χ3n) is 4.57. The molecule has 1 aromatic carbocycles. The second kappa shape index (κ2) is 6.65. The van der Waals surface area contributed by atoms with Crippen molar-refractivity contribution < 1.29 is 4.79 Å². The molecule has 3 aromatic rings. The molecule has 1 aliphatic rings. The van der Waals surface area contributed by atoms with Crippen LogP contribution in [0.4, 0.5) is 5.13 Å². The monoisotopic (exact) mass is 340 g/mol. The average molecular weight is 340 g/mol. The van der Waals surface area contributed by atoms with E-state index in [1.165, 1.54) is 0 Å². The molecule has 0 radical (unpaired) electrons. The lowest BCUT2D eigenvalue weighted by Crippen LogP contribution is -2.41. The van der Waals surface area contributed by atoms with Gasteiger partial charge in [-0.15, -0.1) is 11.3 Å². The molecular formula is C18H20N4OS. The van der Waals surface area contributed by atoms with Crippen LogP contribution in [0.3, 0.4) is 0 Å². The van der Waals surface area contributed by atoms with Crippen molar-refractivity contribution in [3.63, 3.8) is 0 Å². The van der Waals surface area contributed by atoms with Crippen molar-refractivity contribution >= 4 is 33.3 Å². The van der Waals surface area contributed by atoms with Crippen molar-refractivity contribution in [1.82, 2.24) is 14.9 Å². The van der Waals surface area contributed by atoms with Crippen LogP contribution >= 0.6 is 11.3 Å². The highest BCUT2D eigenvalue weighted by Crippen LogP contribution is 2.26. The minimum atomic E-state index is 0.0577. The molecule has 1 aliphatic heterocycles. The summed E-state index contributed by atoms with van der Waals surface area (Å²) in [7, 11) is 0. The first kappa shape index (κ1) is 15.2. The van der Waals surface area contributed by atoms with Gasteiger partial charge in [0.05, 0.1) is 0 Å². The number of nitrogens with one attached hydrogen (secondary N) is 1. The van der Waals surface area contributed by atoms with E-state index in [-0.39, 0.29) is 5.91 Å². The zero-order valence-electron chi connectivity index (χ0n) is 13.4. The van der Waals surface area contributed by atoms with Crippen LogP contribution in [-0.2, 0) is 11.3 Å². The van der Waals surface area contributed by atoms with E-state index in [2.05, 4.69) is 21.3 Å². The van der Waals surface area contributed by atoms with Gasteiger partial charge in [-0.05, 0) is 30.4 Å². The predicted octanol–water partition coefficient (Wildman–Crippen LogP) is 2.88. The Morgan fingerprint density at radius 1 is 1.33 bits per heavy atom. The first-order valence-corrected chi connectivity index (χ1v) is 9.16. The number of rotatable bonds is 5. The maximum Gasteiger partial charge on any atom is 0.240 e. The number of carbonyl (C=O) groups excluding carboxylic acids is 1. The maximum atomic E-state index is 12.3. The lowest BCUT2D eigenvalue weighted by molar-refractivity contribution is -0.121. The third-order valence-corrected chi connectivity index (χ3v) is 5.38. The number of aromatic nitrogens is 2. The Morgan fingerprint density at radius 2 is 2.25 bits per heavy atom. The first-order valence-electron chi connectivity index (χ1n) is 8.28.